The number of thiazole rings is 1. The highest BCUT2D eigenvalue weighted by molar-refractivity contribution is 7.11. The van der Waals surface area contributed by atoms with Crippen molar-refractivity contribution in [1.29, 1.82) is 0 Å². The second-order valence-corrected chi connectivity index (χ2v) is 7.65. The zero-order valence-electron chi connectivity index (χ0n) is 15.0. The summed E-state index contributed by atoms with van der Waals surface area (Å²) in [6, 6.07) is 7.24. The topological polar surface area (TPSA) is 90.5 Å². The molecule has 0 aromatic carbocycles. The van der Waals surface area contributed by atoms with Crippen LogP contribution in [0.2, 0.25) is 0 Å². The van der Waals surface area contributed by atoms with Crippen LogP contribution in [0.3, 0.4) is 0 Å². The van der Waals surface area contributed by atoms with E-state index in [4.69, 9.17) is 9.15 Å². The Balaban J connectivity index is 1.91. The van der Waals surface area contributed by atoms with Crippen molar-refractivity contribution in [3.8, 4) is 0 Å². The highest BCUT2D eigenvalue weighted by Gasteiger charge is 2.11. The summed E-state index contributed by atoms with van der Waals surface area (Å²) in [5, 5.41) is 4.60. The van der Waals surface area contributed by atoms with E-state index in [1.165, 1.54) is 28.2 Å². The Kier molecular flexibility index (Phi) is 6.62. The molecule has 7 nitrogen and oxygen atoms in total. The lowest BCUT2D eigenvalue weighted by Gasteiger charge is -2.04. The summed E-state index contributed by atoms with van der Waals surface area (Å²) in [4.78, 5) is 37.9. The van der Waals surface area contributed by atoms with E-state index in [2.05, 4.69) is 5.32 Å². The minimum Gasteiger partial charge on any atom is -0.467 e. The van der Waals surface area contributed by atoms with Gasteiger partial charge in [-0.2, -0.15) is 0 Å². The molecule has 0 bridgehead atoms. The number of rotatable bonds is 7. The molecule has 0 fully saturated rings. The van der Waals surface area contributed by atoms with Crippen LogP contribution in [0.25, 0.3) is 12.2 Å². The van der Waals surface area contributed by atoms with E-state index in [9.17, 15) is 14.4 Å². The maximum Gasteiger partial charge on any atom is 0.333 e. The SMILES string of the molecule is CCOC(=O)/C=c1\s/c(=C/c2cccs2)c(=O)n1CC(=O)NCc1ccco1. The lowest BCUT2D eigenvalue weighted by atomic mass is 10.4. The molecule has 0 spiro atoms. The number of esters is 1. The average Bonchev–Trinajstić information content (AvgIpc) is 3.40. The molecule has 0 aliphatic heterocycles. The standard InChI is InChI=1S/C19H18N2O5S2/c1-2-25-18(23)10-17-21(12-16(22)20-11-13-5-3-7-26-13)19(24)15(28-17)9-14-6-4-8-27-14/h3-10H,2,11-12H2,1H3,(H,20,22)/b15-9+,17-10-. The highest BCUT2D eigenvalue weighted by atomic mass is 32.1. The van der Waals surface area contributed by atoms with E-state index >= 15 is 0 Å². The summed E-state index contributed by atoms with van der Waals surface area (Å²) in [6.45, 7) is 1.93. The second kappa shape index (κ2) is 9.34. The van der Waals surface area contributed by atoms with Gasteiger partial charge in [-0.25, -0.2) is 4.79 Å². The van der Waals surface area contributed by atoms with Crippen LogP contribution in [0.1, 0.15) is 17.6 Å². The lowest BCUT2D eigenvalue weighted by Crippen LogP contribution is -2.38. The van der Waals surface area contributed by atoms with Crippen molar-refractivity contribution in [3.63, 3.8) is 0 Å². The van der Waals surface area contributed by atoms with Crippen molar-refractivity contribution in [3.05, 3.63) is 66.1 Å². The molecule has 3 rings (SSSR count). The normalized spacial score (nSPS) is 12.3. The molecule has 3 heterocycles. The van der Waals surface area contributed by atoms with Crippen molar-refractivity contribution in [2.75, 3.05) is 6.61 Å². The van der Waals surface area contributed by atoms with Crippen LogP contribution >= 0.6 is 22.7 Å². The molecular formula is C19H18N2O5S2. The molecule has 0 unspecified atom stereocenters. The van der Waals surface area contributed by atoms with Gasteiger partial charge in [0.05, 0.1) is 30.0 Å². The third-order valence-corrected chi connectivity index (χ3v) is 5.50. The number of nitrogens with zero attached hydrogens (tertiary/aromatic N) is 1. The first-order chi connectivity index (χ1) is 13.6. The van der Waals surface area contributed by atoms with Crippen LogP contribution in [0.4, 0.5) is 0 Å². The van der Waals surface area contributed by atoms with E-state index in [0.717, 1.165) is 16.2 Å². The number of hydrogen-bond donors (Lipinski definition) is 1. The first-order valence-corrected chi connectivity index (χ1v) is 10.2. The molecule has 0 saturated carbocycles. The van der Waals surface area contributed by atoms with Crippen molar-refractivity contribution in [2.45, 2.75) is 20.0 Å². The summed E-state index contributed by atoms with van der Waals surface area (Å²) in [7, 11) is 0. The fourth-order valence-electron chi connectivity index (χ4n) is 2.38. The highest BCUT2D eigenvalue weighted by Crippen LogP contribution is 2.08. The van der Waals surface area contributed by atoms with Crippen LogP contribution in [0, 0.1) is 0 Å². The third-order valence-electron chi connectivity index (χ3n) is 3.62. The van der Waals surface area contributed by atoms with Gasteiger partial charge in [0.25, 0.3) is 5.56 Å². The van der Waals surface area contributed by atoms with E-state index in [1.807, 2.05) is 17.5 Å². The Labute approximate surface area is 168 Å². The lowest BCUT2D eigenvalue weighted by molar-refractivity contribution is -0.135. The molecule has 28 heavy (non-hydrogen) atoms. The van der Waals surface area contributed by atoms with Crippen molar-refractivity contribution < 1.29 is 18.7 Å². The van der Waals surface area contributed by atoms with Crippen LogP contribution in [0.15, 0.2) is 45.1 Å². The summed E-state index contributed by atoms with van der Waals surface area (Å²) in [5.74, 6) is -0.315. The molecule has 0 radical (unpaired) electrons. The number of thiophene rings is 1. The maximum absolute atomic E-state index is 12.8. The van der Waals surface area contributed by atoms with E-state index < -0.39 is 5.97 Å². The van der Waals surface area contributed by atoms with Gasteiger partial charge in [0.1, 0.15) is 17.0 Å². The van der Waals surface area contributed by atoms with Gasteiger partial charge in [-0.15, -0.1) is 22.7 Å². The monoisotopic (exact) mass is 418 g/mol. The largest absolute Gasteiger partial charge is 0.467 e. The predicted octanol–water partition coefficient (Wildman–Crippen LogP) is 1.05. The van der Waals surface area contributed by atoms with E-state index in [1.54, 1.807) is 25.1 Å². The Bertz CT molecular complexity index is 1110. The summed E-state index contributed by atoms with van der Waals surface area (Å²) in [6.07, 6.45) is 4.50. The number of nitrogens with one attached hydrogen (secondary N) is 1. The predicted molar refractivity (Wildman–Crippen MR) is 107 cm³/mol. The van der Waals surface area contributed by atoms with E-state index in [0.29, 0.717) is 15.0 Å². The van der Waals surface area contributed by atoms with Gasteiger partial charge in [-0.1, -0.05) is 6.07 Å². The summed E-state index contributed by atoms with van der Waals surface area (Å²) >= 11 is 2.64. The number of amides is 1. The fraction of sp³-hybridized carbons (Fsp3) is 0.211. The van der Waals surface area contributed by atoms with Crippen LogP contribution < -0.4 is 20.1 Å². The molecule has 0 aliphatic rings. The Morgan fingerprint density at radius 3 is 2.86 bits per heavy atom. The number of ether oxygens (including phenoxy) is 1. The molecule has 9 heteroatoms. The van der Waals surface area contributed by atoms with Crippen LogP contribution in [-0.2, 0) is 27.4 Å². The molecule has 3 aromatic rings. The molecule has 0 atom stereocenters. The number of furan rings is 1. The zero-order chi connectivity index (χ0) is 19.9. The molecular weight excluding hydrogens is 400 g/mol. The smallest absolute Gasteiger partial charge is 0.333 e. The maximum atomic E-state index is 12.8. The minimum atomic E-state index is -0.559. The van der Waals surface area contributed by atoms with Gasteiger partial charge in [0.15, 0.2) is 0 Å². The van der Waals surface area contributed by atoms with Crippen LogP contribution in [0.5, 0.6) is 0 Å². The molecule has 1 N–H and O–H groups in total. The Hall–Kier alpha value is -2.91. The zero-order valence-corrected chi connectivity index (χ0v) is 16.7. The van der Waals surface area contributed by atoms with Gasteiger partial charge in [-0.3, -0.25) is 14.2 Å². The molecule has 0 saturated heterocycles. The van der Waals surface area contributed by atoms with Gasteiger partial charge < -0.3 is 14.5 Å². The number of aromatic nitrogens is 1. The summed E-state index contributed by atoms with van der Waals surface area (Å²) < 4.78 is 12.2. The van der Waals surface area contributed by atoms with E-state index in [-0.39, 0.29) is 31.2 Å². The first kappa shape index (κ1) is 19.8. The second-order valence-electron chi connectivity index (χ2n) is 5.61. The number of hydrogen-bond acceptors (Lipinski definition) is 7. The minimum absolute atomic E-state index is 0.209. The molecule has 1 amide bonds. The number of carbonyl (C=O) groups is 2. The average molecular weight is 418 g/mol. The third kappa shape index (κ3) is 5.08. The van der Waals surface area contributed by atoms with Gasteiger partial charge in [-0.05, 0) is 36.6 Å². The summed E-state index contributed by atoms with van der Waals surface area (Å²) in [5.41, 5.74) is -0.331. The fourth-order valence-corrected chi connectivity index (χ4v) is 4.13. The quantitative estimate of drug-likeness (QED) is 0.580. The molecule has 3 aromatic heterocycles. The van der Waals surface area contributed by atoms with Gasteiger partial charge >= 0.3 is 5.97 Å². The van der Waals surface area contributed by atoms with Gasteiger partial charge in [0.2, 0.25) is 5.91 Å². The van der Waals surface area contributed by atoms with Gasteiger partial charge in [0, 0.05) is 4.88 Å². The Morgan fingerprint density at radius 1 is 1.32 bits per heavy atom. The number of carbonyl (C=O) groups excluding carboxylic acids is 2. The first-order valence-electron chi connectivity index (χ1n) is 8.49. The van der Waals surface area contributed by atoms with Crippen molar-refractivity contribution in [1.82, 2.24) is 9.88 Å². The van der Waals surface area contributed by atoms with Crippen molar-refractivity contribution >= 4 is 46.7 Å². The van der Waals surface area contributed by atoms with Crippen LogP contribution in [-0.4, -0.2) is 23.1 Å². The van der Waals surface area contributed by atoms with Crippen molar-refractivity contribution in [2.24, 2.45) is 0 Å². The molecule has 0 aliphatic carbocycles. The Morgan fingerprint density at radius 2 is 2.18 bits per heavy atom. The molecule has 146 valence electrons.